The van der Waals surface area contributed by atoms with Crippen LogP contribution in [0.3, 0.4) is 0 Å². The second-order valence-electron chi connectivity index (χ2n) is 4.36. The van der Waals surface area contributed by atoms with E-state index in [1.807, 2.05) is 6.92 Å². The first-order valence-electron chi connectivity index (χ1n) is 6.59. The van der Waals surface area contributed by atoms with Crippen molar-refractivity contribution < 1.29 is 13.2 Å². The molecule has 21 heavy (non-hydrogen) atoms. The van der Waals surface area contributed by atoms with Crippen LogP contribution in [0.4, 0.5) is 5.69 Å². The van der Waals surface area contributed by atoms with E-state index in [1.54, 1.807) is 12.1 Å². The first kappa shape index (κ1) is 19.9. The number of anilines is 1. The number of halogens is 1. The largest absolute Gasteiger partial charge is 0.330 e. The number of hydrogen-bond acceptors (Lipinski definition) is 4. The molecular formula is C13H22ClN3O3S. The first-order chi connectivity index (χ1) is 9.49. The van der Waals surface area contributed by atoms with Crippen LogP contribution in [0.15, 0.2) is 29.2 Å². The van der Waals surface area contributed by atoms with E-state index >= 15 is 0 Å². The minimum atomic E-state index is -3.46. The van der Waals surface area contributed by atoms with Gasteiger partial charge in [0.2, 0.25) is 15.9 Å². The zero-order chi connectivity index (χ0) is 15.0. The number of rotatable bonds is 8. The summed E-state index contributed by atoms with van der Waals surface area (Å²) in [4.78, 5) is 11.7. The number of sulfonamides is 1. The summed E-state index contributed by atoms with van der Waals surface area (Å²) < 4.78 is 26.2. The molecule has 1 amide bonds. The Kier molecular flexibility index (Phi) is 9.19. The van der Waals surface area contributed by atoms with Gasteiger partial charge < -0.3 is 11.1 Å². The molecule has 0 spiro atoms. The summed E-state index contributed by atoms with van der Waals surface area (Å²) in [5.74, 6) is -0.129. The van der Waals surface area contributed by atoms with Gasteiger partial charge in [-0.1, -0.05) is 6.92 Å². The fraction of sp³-hybridized carbons (Fsp3) is 0.462. The molecule has 0 saturated carbocycles. The third kappa shape index (κ3) is 6.90. The third-order valence-electron chi connectivity index (χ3n) is 2.60. The molecule has 0 saturated heterocycles. The fourth-order valence-electron chi connectivity index (χ4n) is 1.52. The van der Waals surface area contributed by atoms with Crippen LogP contribution in [-0.2, 0) is 14.8 Å². The van der Waals surface area contributed by atoms with Gasteiger partial charge in [0, 0.05) is 18.7 Å². The Morgan fingerprint density at radius 1 is 1.24 bits per heavy atom. The van der Waals surface area contributed by atoms with E-state index in [1.165, 1.54) is 12.1 Å². The molecule has 0 aliphatic rings. The Hall–Kier alpha value is -1.15. The van der Waals surface area contributed by atoms with Gasteiger partial charge in [0.05, 0.1) is 4.90 Å². The molecule has 4 N–H and O–H groups in total. The molecule has 1 rings (SSSR count). The molecule has 0 aliphatic carbocycles. The Bertz CT molecular complexity index is 532. The predicted molar refractivity (Wildman–Crippen MR) is 86.1 cm³/mol. The highest BCUT2D eigenvalue weighted by molar-refractivity contribution is 7.89. The zero-order valence-corrected chi connectivity index (χ0v) is 13.6. The van der Waals surface area contributed by atoms with Crippen molar-refractivity contribution in [2.24, 2.45) is 5.73 Å². The quantitative estimate of drug-likeness (QED) is 0.669. The Balaban J connectivity index is 0.00000400. The van der Waals surface area contributed by atoms with Gasteiger partial charge in [0.25, 0.3) is 0 Å². The summed E-state index contributed by atoms with van der Waals surface area (Å²) in [5, 5.41) is 2.69. The molecule has 0 heterocycles. The molecular weight excluding hydrogens is 314 g/mol. The SMILES string of the molecule is CCCNS(=O)(=O)c1ccc(NC(=O)CCCN)cc1.Cl. The average Bonchev–Trinajstić information content (AvgIpc) is 2.43. The van der Waals surface area contributed by atoms with Crippen LogP contribution in [-0.4, -0.2) is 27.4 Å². The summed E-state index contributed by atoms with van der Waals surface area (Å²) in [6, 6.07) is 6.08. The van der Waals surface area contributed by atoms with E-state index in [2.05, 4.69) is 10.0 Å². The molecule has 1 aromatic rings. The lowest BCUT2D eigenvalue weighted by atomic mass is 10.2. The summed E-state index contributed by atoms with van der Waals surface area (Å²) >= 11 is 0. The van der Waals surface area contributed by atoms with Crippen molar-refractivity contribution in [2.45, 2.75) is 31.1 Å². The molecule has 0 aromatic heterocycles. The molecule has 0 fully saturated rings. The normalized spacial score (nSPS) is 10.8. The molecule has 8 heteroatoms. The number of nitrogens with one attached hydrogen (secondary N) is 2. The van der Waals surface area contributed by atoms with Crippen molar-refractivity contribution >= 4 is 34.0 Å². The molecule has 120 valence electrons. The Labute approximate surface area is 132 Å². The first-order valence-corrected chi connectivity index (χ1v) is 8.07. The van der Waals surface area contributed by atoms with E-state index in [0.717, 1.165) is 6.42 Å². The average molecular weight is 336 g/mol. The second kappa shape index (κ2) is 9.73. The Morgan fingerprint density at radius 3 is 2.38 bits per heavy atom. The van der Waals surface area contributed by atoms with Crippen molar-refractivity contribution in [2.75, 3.05) is 18.4 Å². The lowest BCUT2D eigenvalue weighted by Crippen LogP contribution is -2.24. The number of benzene rings is 1. The van der Waals surface area contributed by atoms with Crippen LogP contribution in [0.5, 0.6) is 0 Å². The second-order valence-corrected chi connectivity index (χ2v) is 6.13. The molecule has 6 nitrogen and oxygen atoms in total. The Morgan fingerprint density at radius 2 is 1.86 bits per heavy atom. The van der Waals surface area contributed by atoms with Crippen molar-refractivity contribution in [3.05, 3.63) is 24.3 Å². The van der Waals surface area contributed by atoms with Crippen molar-refractivity contribution in [3.8, 4) is 0 Å². The highest BCUT2D eigenvalue weighted by Crippen LogP contribution is 2.14. The number of carbonyl (C=O) groups excluding carboxylic acids is 1. The summed E-state index contributed by atoms with van der Waals surface area (Å²) in [6.45, 7) is 2.76. The van der Waals surface area contributed by atoms with E-state index in [-0.39, 0.29) is 23.2 Å². The molecule has 0 unspecified atom stereocenters. The standard InChI is InChI=1S/C13H21N3O3S.ClH/c1-2-10-15-20(18,19)12-7-5-11(6-8-12)16-13(17)4-3-9-14;/h5-8,15H,2-4,9-10,14H2,1H3,(H,16,17);1H. The van der Waals surface area contributed by atoms with Gasteiger partial charge >= 0.3 is 0 Å². The smallest absolute Gasteiger partial charge is 0.240 e. The number of amides is 1. The van der Waals surface area contributed by atoms with Gasteiger partial charge in [-0.3, -0.25) is 4.79 Å². The van der Waals surface area contributed by atoms with E-state index in [0.29, 0.717) is 31.6 Å². The molecule has 0 bridgehead atoms. The van der Waals surface area contributed by atoms with E-state index < -0.39 is 10.0 Å². The highest BCUT2D eigenvalue weighted by atomic mass is 35.5. The maximum atomic E-state index is 11.9. The predicted octanol–water partition coefficient (Wildman–Crippen LogP) is 1.47. The zero-order valence-electron chi connectivity index (χ0n) is 12.0. The van der Waals surface area contributed by atoms with Crippen LogP contribution < -0.4 is 15.8 Å². The van der Waals surface area contributed by atoms with Gasteiger partial charge in [0.15, 0.2) is 0 Å². The summed E-state index contributed by atoms with van der Waals surface area (Å²) in [6.07, 6.45) is 1.71. The minimum Gasteiger partial charge on any atom is -0.330 e. The lowest BCUT2D eigenvalue weighted by molar-refractivity contribution is -0.116. The van der Waals surface area contributed by atoms with Crippen LogP contribution in [0, 0.1) is 0 Å². The van der Waals surface area contributed by atoms with Crippen molar-refractivity contribution in [3.63, 3.8) is 0 Å². The maximum Gasteiger partial charge on any atom is 0.240 e. The van der Waals surface area contributed by atoms with Crippen molar-refractivity contribution in [1.29, 1.82) is 0 Å². The number of carbonyl (C=O) groups is 1. The van der Waals surface area contributed by atoms with Crippen LogP contribution in [0.25, 0.3) is 0 Å². The van der Waals surface area contributed by atoms with E-state index in [9.17, 15) is 13.2 Å². The molecule has 0 radical (unpaired) electrons. The van der Waals surface area contributed by atoms with Crippen LogP contribution >= 0.6 is 12.4 Å². The van der Waals surface area contributed by atoms with Gasteiger partial charge in [0.1, 0.15) is 0 Å². The third-order valence-corrected chi connectivity index (χ3v) is 4.08. The summed E-state index contributed by atoms with van der Waals surface area (Å²) in [7, 11) is -3.46. The lowest BCUT2D eigenvalue weighted by Gasteiger charge is -2.08. The van der Waals surface area contributed by atoms with Crippen LogP contribution in [0.1, 0.15) is 26.2 Å². The van der Waals surface area contributed by atoms with Gasteiger partial charge in [-0.15, -0.1) is 12.4 Å². The summed E-state index contributed by atoms with van der Waals surface area (Å²) in [5.41, 5.74) is 5.89. The van der Waals surface area contributed by atoms with Gasteiger partial charge in [-0.2, -0.15) is 0 Å². The topological polar surface area (TPSA) is 101 Å². The van der Waals surface area contributed by atoms with Crippen molar-refractivity contribution in [1.82, 2.24) is 4.72 Å². The number of nitrogens with two attached hydrogens (primary N) is 1. The monoisotopic (exact) mass is 335 g/mol. The maximum absolute atomic E-state index is 11.9. The highest BCUT2D eigenvalue weighted by Gasteiger charge is 2.12. The number of hydrogen-bond donors (Lipinski definition) is 3. The minimum absolute atomic E-state index is 0. The van der Waals surface area contributed by atoms with Crippen LogP contribution in [0.2, 0.25) is 0 Å². The molecule has 1 aromatic carbocycles. The van der Waals surface area contributed by atoms with Gasteiger partial charge in [-0.25, -0.2) is 13.1 Å². The molecule has 0 atom stereocenters. The molecule has 0 aliphatic heterocycles. The fourth-order valence-corrected chi connectivity index (χ4v) is 2.66. The van der Waals surface area contributed by atoms with E-state index in [4.69, 9.17) is 5.73 Å². The van der Waals surface area contributed by atoms with Gasteiger partial charge in [-0.05, 0) is 43.7 Å².